The van der Waals surface area contributed by atoms with Gasteiger partial charge in [-0.15, -0.1) is 0 Å². The summed E-state index contributed by atoms with van der Waals surface area (Å²) in [7, 11) is 0. The van der Waals surface area contributed by atoms with Crippen LogP contribution in [0.25, 0.3) is 11.0 Å². The summed E-state index contributed by atoms with van der Waals surface area (Å²) in [5, 5.41) is 6.36. The molecule has 24 heavy (non-hydrogen) atoms. The fourth-order valence-electron chi connectivity index (χ4n) is 2.35. The summed E-state index contributed by atoms with van der Waals surface area (Å²) in [5.41, 5.74) is 2.82. The van der Waals surface area contributed by atoms with E-state index in [1.807, 2.05) is 42.5 Å². The summed E-state index contributed by atoms with van der Waals surface area (Å²) in [6.45, 7) is 0.554. The molecule has 0 aliphatic carbocycles. The molecule has 0 spiro atoms. The molecule has 0 aliphatic heterocycles. The molecule has 0 amide bonds. The van der Waals surface area contributed by atoms with Crippen molar-refractivity contribution in [3.8, 4) is 0 Å². The second-order valence-corrected chi connectivity index (χ2v) is 5.19. The first kappa shape index (κ1) is 14.1. The molecule has 0 saturated heterocycles. The lowest BCUT2D eigenvalue weighted by Gasteiger charge is -2.07. The smallest absolute Gasteiger partial charge is 0.229 e. The molecule has 0 atom stereocenters. The first-order chi connectivity index (χ1) is 11.9. The van der Waals surface area contributed by atoms with E-state index in [2.05, 4.69) is 35.6 Å². The number of fused-ring (bicyclic) bond motifs is 1. The molecule has 3 aromatic heterocycles. The van der Waals surface area contributed by atoms with Gasteiger partial charge in [-0.2, -0.15) is 4.98 Å². The van der Waals surface area contributed by atoms with E-state index in [0.717, 1.165) is 28.4 Å². The Kier molecular flexibility index (Phi) is 3.73. The normalized spacial score (nSPS) is 10.7. The van der Waals surface area contributed by atoms with Gasteiger partial charge in [-0.1, -0.05) is 12.1 Å². The average molecular weight is 317 g/mol. The Hall–Kier alpha value is -3.48. The highest BCUT2D eigenvalue weighted by Crippen LogP contribution is 2.14. The Morgan fingerprint density at radius 2 is 1.92 bits per heavy atom. The van der Waals surface area contributed by atoms with Gasteiger partial charge in [0.2, 0.25) is 5.95 Å². The third-order valence-corrected chi connectivity index (χ3v) is 3.45. The predicted octanol–water partition coefficient (Wildman–Crippen LogP) is 3.10. The van der Waals surface area contributed by atoms with E-state index in [1.54, 1.807) is 18.6 Å². The van der Waals surface area contributed by atoms with E-state index in [4.69, 9.17) is 0 Å². The van der Waals surface area contributed by atoms with Gasteiger partial charge in [0, 0.05) is 12.4 Å². The highest BCUT2D eigenvalue weighted by atomic mass is 15.1. The van der Waals surface area contributed by atoms with Gasteiger partial charge in [0.25, 0.3) is 0 Å². The van der Waals surface area contributed by atoms with Crippen LogP contribution in [0.15, 0.2) is 61.1 Å². The van der Waals surface area contributed by atoms with Crippen LogP contribution < -0.4 is 10.6 Å². The number of hydrogen-bond donors (Lipinski definition) is 3. The van der Waals surface area contributed by atoms with E-state index in [9.17, 15) is 0 Å². The van der Waals surface area contributed by atoms with Crippen molar-refractivity contribution < 1.29 is 0 Å². The second kappa shape index (κ2) is 6.33. The molecule has 3 heterocycles. The number of anilines is 3. The number of rotatable bonds is 5. The molecular weight excluding hydrogens is 302 g/mol. The Morgan fingerprint density at radius 3 is 2.79 bits per heavy atom. The molecule has 0 saturated carbocycles. The second-order valence-electron chi connectivity index (χ2n) is 5.19. The number of nitrogens with one attached hydrogen (secondary N) is 3. The first-order valence-corrected chi connectivity index (χ1v) is 7.54. The van der Waals surface area contributed by atoms with Crippen molar-refractivity contribution in [1.29, 1.82) is 0 Å². The van der Waals surface area contributed by atoms with Gasteiger partial charge in [-0.3, -0.25) is 4.98 Å². The minimum Gasteiger partial charge on any atom is -0.363 e. The quantitative estimate of drug-likeness (QED) is 0.524. The average Bonchev–Trinajstić information content (AvgIpc) is 3.04. The summed E-state index contributed by atoms with van der Waals surface area (Å²) in [6.07, 6.45) is 5.14. The van der Waals surface area contributed by atoms with Crippen molar-refractivity contribution in [2.75, 3.05) is 10.6 Å². The number of para-hydroxylation sites is 2. The third-order valence-electron chi connectivity index (χ3n) is 3.45. The van der Waals surface area contributed by atoms with Crippen molar-refractivity contribution in [2.45, 2.75) is 6.54 Å². The Bertz CT molecular complexity index is 916. The molecule has 0 aliphatic rings. The zero-order valence-corrected chi connectivity index (χ0v) is 12.8. The topological polar surface area (TPSA) is 91.4 Å². The Morgan fingerprint density at radius 1 is 0.958 bits per heavy atom. The predicted molar refractivity (Wildman–Crippen MR) is 93.0 cm³/mol. The van der Waals surface area contributed by atoms with Crippen LogP contribution in [0.5, 0.6) is 0 Å². The molecule has 0 fully saturated rings. The summed E-state index contributed by atoms with van der Waals surface area (Å²) in [5.74, 6) is 2.09. The number of H-pyrrole nitrogens is 1. The number of aromatic amines is 1. The standard InChI is InChI=1S/C17H15N7/c1-2-6-14-13(5-1)22-16(23-14)11-20-15-7-9-19-17(24-15)21-12-4-3-8-18-10-12/h1-10H,11H2,(H,22,23)(H2,19,20,21,24). The van der Waals surface area contributed by atoms with Crippen molar-refractivity contribution in [2.24, 2.45) is 0 Å². The number of nitrogens with zero attached hydrogens (tertiary/aromatic N) is 4. The monoisotopic (exact) mass is 317 g/mol. The number of benzene rings is 1. The van der Waals surface area contributed by atoms with Gasteiger partial charge < -0.3 is 15.6 Å². The molecular formula is C17H15N7. The molecule has 4 aromatic rings. The van der Waals surface area contributed by atoms with Crippen molar-refractivity contribution in [3.05, 3.63) is 66.9 Å². The maximum Gasteiger partial charge on any atom is 0.229 e. The number of aromatic nitrogens is 5. The minimum absolute atomic E-state index is 0.512. The summed E-state index contributed by atoms with van der Waals surface area (Å²) in [4.78, 5) is 20.5. The summed E-state index contributed by atoms with van der Waals surface area (Å²) < 4.78 is 0. The Labute approximate surface area is 138 Å². The first-order valence-electron chi connectivity index (χ1n) is 7.54. The minimum atomic E-state index is 0.512. The van der Waals surface area contributed by atoms with Gasteiger partial charge in [-0.25, -0.2) is 9.97 Å². The molecule has 7 heteroatoms. The fourth-order valence-corrected chi connectivity index (χ4v) is 2.35. The number of imidazole rings is 1. The van der Waals surface area contributed by atoms with Crippen LogP contribution in [0.4, 0.5) is 17.5 Å². The highest BCUT2D eigenvalue weighted by molar-refractivity contribution is 5.74. The van der Waals surface area contributed by atoms with Crippen molar-refractivity contribution in [3.63, 3.8) is 0 Å². The highest BCUT2D eigenvalue weighted by Gasteiger charge is 2.04. The van der Waals surface area contributed by atoms with E-state index in [-0.39, 0.29) is 0 Å². The lowest BCUT2D eigenvalue weighted by atomic mass is 10.3. The molecule has 0 bridgehead atoms. The van der Waals surface area contributed by atoms with Crippen LogP contribution in [-0.2, 0) is 6.54 Å². The van der Waals surface area contributed by atoms with Crippen LogP contribution >= 0.6 is 0 Å². The molecule has 0 unspecified atom stereocenters. The van der Waals surface area contributed by atoms with E-state index in [0.29, 0.717) is 12.5 Å². The lowest BCUT2D eigenvalue weighted by molar-refractivity contribution is 0.992. The van der Waals surface area contributed by atoms with E-state index in [1.165, 1.54) is 0 Å². The van der Waals surface area contributed by atoms with Crippen molar-refractivity contribution >= 4 is 28.5 Å². The van der Waals surface area contributed by atoms with Crippen LogP contribution in [0.2, 0.25) is 0 Å². The van der Waals surface area contributed by atoms with Gasteiger partial charge >= 0.3 is 0 Å². The van der Waals surface area contributed by atoms with E-state index >= 15 is 0 Å². The zero-order chi connectivity index (χ0) is 16.2. The molecule has 0 radical (unpaired) electrons. The lowest BCUT2D eigenvalue weighted by Crippen LogP contribution is -2.05. The molecule has 4 rings (SSSR count). The van der Waals surface area contributed by atoms with Crippen LogP contribution in [0.1, 0.15) is 5.82 Å². The maximum atomic E-state index is 4.53. The van der Waals surface area contributed by atoms with Gasteiger partial charge in [0.1, 0.15) is 11.6 Å². The number of pyridine rings is 1. The molecule has 1 aromatic carbocycles. The van der Waals surface area contributed by atoms with Crippen LogP contribution in [-0.4, -0.2) is 24.9 Å². The van der Waals surface area contributed by atoms with Crippen molar-refractivity contribution in [1.82, 2.24) is 24.9 Å². The number of hydrogen-bond acceptors (Lipinski definition) is 6. The summed E-state index contributed by atoms with van der Waals surface area (Å²) >= 11 is 0. The Balaban J connectivity index is 1.45. The van der Waals surface area contributed by atoms with Gasteiger partial charge in [-0.05, 0) is 30.3 Å². The molecule has 7 nitrogen and oxygen atoms in total. The zero-order valence-electron chi connectivity index (χ0n) is 12.8. The molecule has 118 valence electrons. The fraction of sp³-hybridized carbons (Fsp3) is 0.0588. The van der Waals surface area contributed by atoms with Crippen LogP contribution in [0.3, 0.4) is 0 Å². The SMILES string of the molecule is c1cncc(Nc2nccc(NCc3nc4ccccc4[nH]3)n2)c1. The molecule has 3 N–H and O–H groups in total. The van der Waals surface area contributed by atoms with Crippen LogP contribution in [0, 0.1) is 0 Å². The summed E-state index contributed by atoms with van der Waals surface area (Å²) in [6, 6.07) is 13.5. The van der Waals surface area contributed by atoms with Gasteiger partial charge in [0.15, 0.2) is 0 Å². The third kappa shape index (κ3) is 3.14. The van der Waals surface area contributed by atoms with E-state index < -0.39 is 0 Å². The van der Waals surface area contributed by atoms with Gasteiger partial charge in [0.05, 0.1) is 29.5 Å². The maximum absolute atomic E-state index is 4.53. The largest absolute Gasteiger partial charge is 0.363 e.